The number of hydrogen-bond donors (Lipinski definition) is 0. The first-order chi connectivity index (χ1) is 18.0. The van der Waals surface area contributed by atoms with E-state index in [4.69, 9.17) is 31.0 Å². The Labute approximate surface area is 217 Å². The molecule has 0 amide bonds. The van der Waals surface area contributed by atoms with Gasteiger partial charge in [-0.2, -0.15) is 5.10 Å². The van der Waals surface area contributed by atoms with Gasteiger partial charge in [0.05, 0.1) is 42.9 Å². The van der Waals surface area contributed by atoms with E-state index < -0.39 is 5.82 Å². The summed E-state index contributed by atoms with van der Waals surface area (Å²) in [6.45, 7) is 1.29. The summed E-state index contributed by atoms with van der Waals surface area (Å²) in [5.41, 5.74) is 3.72. The molecule has 0 bridgehead atoms. The molecule has 2 aliphatic heterocycles. The minimum Gasteiger partial charge on any atom is -0.375 e. The molecule has 0 radical (unpaired) electrons. The van der Waals surface area contributed by atoms with Gasteiger partial charge in [0, 0.05) is 53.1 Å². The molecule has 7 rings (SSSR count). The molecular formula is C27H25ClFN5O3. The van der Waals surface area contributed by atoms with Crippen LogP contribution in [-0.4, -0.2) is 37.4 Å². The van der Waals surface area contributed by atoms with Gasteiger partial charge in [-0.25, -0.2) is 14.4 Å². The van der Waals surface area contributed by atoms with Gasteiger partial charge in [0.2, 0.25) is 0 Å². The second-order valence-electron chi connectivity index (χ2n) is 10.0. The topological polar surface area (TPSA) is 83.5 Å². The molecule has 4 aromatic rings. The molecule has 3 aromatic heterocycles. The molecular weight excluding hydrogens is 497 g/mol. The third kappa shape index (κ3) is 4.15. The van der Waals surface area contributed by atoms with Crippen molar-refractivity contribution in [3.8, 4) is 11.3 Å². The highest BCUT2D eigenvalue weighted by molar-refractivity contribution is 6.30. The molecule has 0 spiro atoms. The van der Waals surface area contributed by atoms with Crippen LogP contribution < -0.4 is 5.56 Å². The van der Waals surface area contributed by atoms with Gasteiger partial charge in [0.15, 0.2) is 5.65 Å². The zero-order chi connectivity index (χ0) is 25.1. The summed E-state index contributed by atoms with van der Waals surface area (Å²) in [5.74, 6) is -0.493. The number of benzene rings is 1. The molecule has 37 heavy (non-hydrogen) atoms. The van der Waals surface area contributed by atoms with Crippen molar-refractivity contribution < 1.29 is 13.9 Å². The number of nitrogens with zero attached hydrogens (tertiary/aromatic N) is 5. The minimum absolute atomic E-state index is 0.0211. The van der Waals surface area contributed by atoms with E-state index in [0.717, 1.165) is 17.7 Å². The van der Waals surface area contributed by atoms with Crippen LogP contribution in [0.4, 0.5) is 4.39 Å². The Morgan fingerprint density at radius 1 is 1.11 bits per heavy atom. The molecule has 8 nitrogen and oxygen atoms in total. The summed E-state index contributed by atoms with van der Waals surface area (Å²) in [6.07, 6.45) is 9.89. The third-order valence-corrected chi connectivity index (χ3v) is 7.78. The molecule has 2 fully saturated rings. The summed E-state index contributed by atoms with van der Waals surface area (Å²) < 4.78 is 30.3. The lowest BCUT2D eigenvalue weighted by Crippen LogP contribution is -2.28. The first-order valence-corrected chi connectivity index (χ1v) is 13.1. The Hall–Kier alpha value is -3.14. The molecule has 0 N–H and O–H groups in total. The van der Waals surface area contributed by atoms with Crippen LogP contribution in [0.2, 0.25) is 5.02 Å². The van der Waals surface area contributed by atoms with Crippen molar-refractivity contribution in [2.75, 3.05) is 13.2 Å². The predicted octanol–water partition coefficient (Wildman–Crippen LogP) is 4.79. The van der Waals surface area contributed by atoms with Gasteiger partial charge in [-0.15, -0.1) is 0 Å². The smallest absolute Gasteiger partial charge is 0.261 e. The van der Waals surface area contributed by atoms with Crippen LogP contribution in [0.3, 0.4) is 0 Å². The monoisotopic (exact) mass is 521 g/mol. The quantitative estimate of drug-likeness (QED) is 0.384. The van der Waals surface area contributed by atoms with Crippen molar-refractivity contribution >= 4 is 17.2 Å². The fourth-order valence-electron chi connectivity index (χ4n) is 5.37. The van der Waals surface area contributed by atoms with Gasteiger partial charge >= 0.3 is 0 Å². The Morgan fingerprint density at radius 2 is 2.00 bits per heavy atom. The van der Waals surface area contributed by atoms with E-state index in [0.29, 0.717) is 54.7 Å². The molecule has 0 unspecified atom stereocenters. The van der Waals surface area contributed by atoms with Crippen molar-refractivity contribution in [1.82, 2.24) is 24.1 Å². The Balaban J connectivity index is 1.34. The SMILES string of the molecule is O=c1c2c(nc3c(-c4ccc(Cl)cc4F)nc([C@H]4CCO[C@@H](c5cnn(C6CC6)c5)C4)cn13)COCC2. The average Bonchev–Trinajstić information content (AvgIpc) is 3.65. The molecule has 190 valence electrons. The third-order valence-electron chi connectivity index (χ3n) is 7.55. The zero-order valence-corrected chi connectivity index (χ0v) is 20.8. The molecule has 1 saturated carbocycles. The van der Waals surface area contributed by atoms with Crippen molar-refractivity contribution in [3.63, 3.8) is 0 Å². The maximum atomic E-state index is 15.1. The molecule has 5 heterocycles. The summed E-state index contributed by atoms with van der Waals surface area (Å²) in [6, 6.07) is 4.96. The van der Waals surface area contributed by atoms with Gasteiger partial charge in [0.1, 0.15) is 11.5 Å². The second kappa shape index (κ2) is 9.01. The Bertz CT molecular complexity index is 1580. The van der Waals surface area contributed by atoms with Crippen molar-refractivity contribution in [1.29, 1.82) is 0 Å². The maximum Gasteiger partial charge on any atom is 0.261 e. The zero-order valence-electron chi connectivity index (χ0n) is 20.1. The number of ether oxygens (including phenoxy) is 2. The molecule has 2 atom stereocenters. The number of rotatable bonds is 4. The van der Waals surface area contributed by atoms with Crippen LogP contribution in [0.25, 0.3) is 16.9 Å². The highest BCUT2D eigenvalue weighted by Crippen LogP contribution is 2.40. The van der Waals surface area contributed by atoms with E-state index in [2.05, 4.69) is 11.3 Å². The number of halogens is 2. The van der Waals surface area contributed by atoms with Gasteiger partial charge in [0.25, 0.3) is 5.56 Å². The summed E-state index contributed by atoms with van der Waals surface area (Å²) in [7, 11) is 0. The van der Waals surface area contributed by atoms with E-state index in [1.165, 1.54) is 23.3 Å². The minimum atomic E-state index is -0.514. The largest absolute Gasteiger partial charge is 0.375 e. The second-order valence-corrected chi connectivity index (χ2v) is 10.5. The van der Waals surface area contributed by atoms with Crippen molar-refractivity contribution in [3.05, 3.63) is 80.5 Å². The van der Waals surface area contributed by atoms with Crippen molar-refractivity contribution in [2.45, 2.75) is 56.8 Å². The van der Waals surface area contributed by atoms with E-state index >= 15 is 4.39 Å². The summed E-state index contributed by atoms with van der Waals surface area (Å²) in [5, 5.41) is 4.81. The fourth-order valence-corrected chi connectivity index (χ4v) is 5.53. The van der Waals surface area contributed by atoms with E-state index in [1.807, 2.05) is 10.9 Å². The standard InChI is InChI=1S/C27H25ClFN5O3/c28-17-1-4-19(21(29)10-17)25-26-32-23-14-36-7-6-20(23)27(35)33(26)13-22(31-25)15-5-8-37-24(9-15)16-11-30-34(12-16)18-2-3-18/h1,4,10-13,15,18,24H,2-3,5-9,14H2/t15-,24+/m0/s1. The summed E-state index contributed by atoms with van der Waals surface area (Å²) in [4.78, 5) is 23.2. The first kappa shape index (κ1) is 23.0. The lowest BCUT2D eigenvalue weighted by molar-refractivity contribution is 0.00454. The lowest BCUT2D eigenvalue weighted by Gasteiger charge is -2.29. The number of fused-ring (bicyclic) bond motifs is 2. The highest BCUT2D eigenvalue weighted by Gasteiger charge is 2.31. The Kier molecular flexibility index (Phi) is 5.60. The lowest BCUT2D eigenvalue weighted by atomic mass is 9.90. The molecule has 3 aliphatic rings. The molecule has 1 saturated heterocycles. The van der Waals surface area contributed by atoms with E-state index in [9.17, 15) is 4.79 Å². The van der Waals surface area contributed by atoms with Crippen molar-refractivity contribution in [2.24, 2.45) is 0 Å². The van der Waals surface area contributed by atoms with Gasteiger partial charge < -0.3 is 9.47 Å². The van der Waals surface area contributed by atoms with Crippen LogP contribution in [0, 0.1) is 5.82 Å². The maximum absolute atomic E-state index is 15.1. The van der Waals surface area contributed by atoms with Gasteiger partial charge in [-0.3, -0.25) is 13.9 Å². The van der Waals surface area contributed by atoms with Crippen LogP contribution in [-0.2, 0) is 22.5 Å². The first-order valence-electron chi connectivity index (χ1n) is 12.7. The van der Waals surface area contributed by atoms with E-state index in [1.54, 1.807) is 18.3 Å². The van der Waals surface area contributed by atoms with Gasteiger partial charge in [-0.1, -0.05) is 11.6 Å². The molecule has 1 aliphatic carbocycles. The number of aromatic nitrogens is 5. The number of hydrogen-bond acceptors (Lipinski definition) is 6. The predicted molar refractivity (Wildman–Crippen MR) is 134 cm³/mol. The van der Waals surface area contributed by atoms with Crippen LogP contribution in [0.15, 0.2) is 41.6 Å². The normalized spacial score (nSPS) is 21.8. The highest BCUT2D eigenvalue weighted by atomic mass is 35.5. The Morgan fingerprint density at radius 3 is 2.84 bits per heavy atom. The van der Waals surface area contributed by atoms with Gasteiger partial charge in [-0.05, 0) is 43.9 Å². The fraction of sp³-hybridized carbons (Fsp3) is 0.407. The van der Waals surface area contributed by atoms with Crippen LogP contribution >= 0.6 is 11.6 Å². The molecule has 1 aromatic carbocycles. The van der Waals surface area contributed by atoms with E-state index in [-0.39, 0.29) is 34.8 Å². The molecule has 10 heteroatoms. The van der Waals surface area contributed by atoms with Crippen LogP contribution in [0.5, 0.6) is 0 Å². The average molecular weight is 522 g/mol. The van der Waals surface area contributed by atoms with Crippen LogP contribution in [0.1, 0.15) is 66.3 Å². The summed E-state index contributed by atoms with van der Waals surface area (Å²) >= 11 is 6.03.